The van der Waals surface area contributed by atoms with E-state index >= 15 is 0 Å². The first-order valence-electron chi connectivity index (χ1n) is 15.3. The molecule has 0 aromatic rings. The van der Waals surface area contributed by atoms with Crippen molar-refractivity contribution in [3.05, 3.63) is 0 Å². The van der Waals surface area contributed by atoms with E-state index in [1.54, 1.807) is 55.4 Å². The first-order valence-corrected chi connectivity index (χ1v) is 15.3. The van der Waals surface area contributed by atoms with Crippen molar-refractivity contribution in [3.8, 4) is 0 Å². The van der Waals surface area contributed by atoms with Gasteiger partial charge in [0.1, 0.15) is 51.5 Å². The zero-order chi connectivity index (χ0) is 35.8. The third-order valence-electron chi connectivity index (χ3n) is 6.63. The summed E-state index contributed by atoms with van der Waals surface area (Å²) in [6.45, 7) is 13.9. The number of carbonyl (C=O) groups excluding carboxylic acids is 8. The smallest absolute Gasteiger partial charge is 0.320 e. The number of Topliss-reactive ketones (excluding diaryl/α,β-unsaturated/α-hetero) is 2. The van der Waals surface area contributed by atoms with E-state index < -0.39 is 83.5 Å². The summed E-state index contributed by atoms with van der Waals surface area (Å²) in [7, 11) is 0. The molecule has 262 valence electrons. The van der Waals surface area contributed by atoms with E-state index in [0.717, 1.165) is 0 Å². The van der Waals surface area contributed by atoms with Gasteiger partial charge >= 0.3 is 35.8 Å². The van der Waals surface area contributed by atoms with Crippen LogP contribution in [0.2, 0.25) is 0 Å². The lowest BCUT2D eigenvalue weighted by atomic mass is 9.82. The SMILES string of the molecule is CCC(C(=O)OCCOC(=O)C(C)C(=O)OCCOC(=O)C(C)C(=O)OCCOC(=O)C(CC)C(=O)C(C)(C)C)C(=O)C(C)(C)C. The number of hydrogen-bond donors (Lipinski definition) is 0. The second-order valence-corrected chi connectivity index (χ2v) is 12.6. The fourth-order valence-corrected chi connectivity index (χ4v) is 3.71. The van der Waals surface area contributed by atoms with Gasteiger partial charge in [0.2, 0.25) is 0 Å². The highest BCUT2D eigenvalue weighted by Crippen LogP contribution is 2.24. The first-order chi connectivity index (χ1) is 21.2. The van der Waals surface area contributed by atoms with Gasteiger partial charge in [-0.15, -0.1) is 0 Å². The minimum Gasteiger partial charge on any atom is -0.462 e. The Balaban J connectivity index is 4.39. The molecule has 0 bridgehead atoms. The second-order valence-electron chi connectivity index (χ2n) is 12.6. The van der Waals surface area contributed by atoms with Crippen molar-refractivity contribution in [2.24, 2.45) is 34.5 Å². The van der Waals surface area contributed by atoms with Gasteiger partial charge in [-0.3, -0.25) is 38.4 Å². The van der Waals surface area contributed by atoms with Crippen LogP contribution < -0.4 is 0 Å². The third kappa shape index (κ3) is 14.5. The number of hydrogen-bond acceptors (Lipinski definition) is 14. The number of ether oxygens (including phenoxy) is 6. The number of esters is 6. The molecule has 0 spiro atoms. The van der Waals surface area contributed by atoms with Gasteiger partial charge in [-0.1, -0.05) is 55.4 Å². The molecule has 4 unspecified atom stereocenters. The van der Waals surface area contributed by atoms with Crippen molar-refractivity contribution in [2.75, 3.05) is 39.6 Å². The Hall–Kier alpha value is -3.84. The maximum Gasteiger partial charge on any atom is 0.320 e. The lowest BCUT2D eigenvalue weighted by Crippen LogP contribution is -2.35. The van der Waals surface area contributed by atoms with E-state index in [1.807, 2.05) is 0 Å². The summed E-state index contributed by atoms with van der Waals surface area (Å²) in [4.78, 5) is 97.7. The zero-order valence-electron chi connectivity index (χ0n) is 28.7. The van der Waals surface area contributed by atoms with Gasteiger partial charge in [0, 0.05) is 10.8 Å². The van der Waals surface area contributed by atoms with Crippen LogP contribution in [0.4, 0.5) is 0 Å². The number of rotatable bonds is 19. The van der Waals surface area contributed by atoms with Crippen LogP contribution in [-0.4, -0.2) is 87.0 Å². The maximum atomic E-state index is 12.4. The van der Waals surface area contributed by atoms with Crippen molar-refractivity contribution in [2.45, 2.75) is 82.1 Å². The van der Waals surface area contributed by atoms with Crippen molar-refractivity contribution < 1.29 is 66.8 Å². The van der Waals surface area contributed by atoms with E-state index in [4.69, 9.17) is 28.4 Å². The summed E-state index contributed by atoms with van der Waals surface area (Å²) in [6.07, 6.45) is 0.522. The van der Waals surface area contributed by atoms with E-state index in [9.17, 15) is 38.4 Å². The molecule has 0 aromatic heterocycles. The fraction of sp³-hybridized carbons (Fsp3) is 0.750. The predicted octanol–water partition coefficient (Wildman–Crippen LogP) is 2.80. The molecule has 0 aliphatic carbocycles. The first kappa shape index (κ1) is 42.2. The molecule has 14 heteroatoms. The van der Waals surface area contributed by atoms with Crippen LogP contribution in [0, 0.1) is 34.5 Å². The average Bonchev–Trinajstić information content (AvgIpc) is 2.97. The topological polar surface area (TPSA) is 192 Å². The highest BCUT2D eigenvalue weighted by molar-refractivity contribution is 6.02. The Kier molecular flexibility index (Phi) is 18.0. The summed E-state index contributed by atoms with van der Waals surface area (Å²) in [6, 6.07) is 0. The minimum absolute atomic E-state index is 0.261. The van der Waals surface area contributed by atoms with Crippen molar-refractivity contribution in [3.63, 3.8) is 0 Å². The van der Waals surface area contributed by atoms with Gasteiger partial charge in [-0.05, 0) is 26.7 Å². The number of carbonyl (C=O) groups is 8. The molecule has 0 aliphatic heterocycles. The zero-order valence-corrected chi connectivity index (χ0v) is 28.7. The molecule has 46 heavy (non-hydrogen) atoms. The summed E-state index contributed by atoms with van der Waals surface area (Å²) >= 11 is 0. The lowest BCUT2D eigenvalue weighted by molar-refractivity contribution is -0.169. The van der Waals surface area contributed by atoms with Crippen LogP contribution in [0.25, 0.3) is 0 Å². The van der Waals surface area contributed by atoms with Gasteiger partial charge in [0.25, 0.3) is 0 Å². The van der Waals surface area contributed by atoms with Crippen LogP contribution in [0.1, 0.15) is 82.1 Å². The molecule has 0 amide bonds. The van der Waals surface area contributed by atoms with Gasteiger partial charge in [0.05, 0.1) is 0 Å². The van der Waals surface area contributed by atoms with Crippen LogP contribution >= 0.6 is 0 Å². The molecule has 14 nitrogen and oxygen atoms in total. The van der Waals surface area contributed by atoms with Crippen molar-refractivity contribution in [1.82, 2.24) is 0 Å². The Morgan fingerprint density at radius 1 is 0.413 bits per heavy atom. The highest BCUT2D eigenvalue weighted by atomic mass is 16.6. The summed E-state index contributed by atoms with van der Waals surface area (Å²) in [5, 5.41) is 0. The molecule has 0 rings (SSSR count). The third-order valence-corrected chi connectivity index (χ3v) is 6.63. The summed E-state index contributed by atoms with van der Waals surface area (Å²) in [5.41, 5.74) is -1.45. The largest absolute Gasteiger partial charge is 0.462 e. The Labute approximate surface area is 270 Å². The summed E-state index contributed by atoms with van der Waals surface area (Å²) < 4.78 is 29.8. The monoisotopic (exact) mass is 658 g/mol. The molecule has 0 saturated heterocycles. The number of ketones is 2. The van der Waals surface area contributed by atoms with E-state index in [0.29, 0.717) is 0 Å². The molecule has 4 atom stereocenters. The maximum absolute atomic E-state index is 12.4. The second kappa shape index (κ2) is 19.6. The van der Waals surface area contributed by atoms with Gasteiger partial charge in [-0.2, -0.15) is 0 Å². The van der Waals surface area contributed by atoms with Crippen LogP contribution in [0.5, 0.6) is 0 Å². The molecule has 0 N–H and O–H groups in total. The molecule has 0 fully saturated rings. The molecule has 0 radical (unpaired) electrons. The highest BCUT2D eigenvalue weighted by Gasteiger charge is 2.35. The molecular formula is C32H50O14. The lowest BCUT2D eigenvalue weighted by Gasteiger charge is -2.22. The molecule has 0 aliphatic rings. The molecule has 0 heterocycles. The predicted molar refractivity (Wildman–Crippen MR) is 161 cm³/mol. The van der Waals surface area contributed by atoms with E-state index in [-0.39, 0.29) is 50.8 Å². The van der Waals surface area contributed by atoms with Crippen LogP contribution in [0.15, 0.2) is 0 Å². The van der Waals surface area contributed by atoms with E-state index in [2.05, 4.69) is 0 Å². The van der Waals surface area contributed by atoms with Crippen molar-refractivity contribution in [1.29, 1.82) is 0 Å². The normalized spacial score (nSPS) is 14.0. The molecular weight excluding hydrogens is 608 g/mol. The van der Waals surface area contributed by atoms with Crippen LogP contribution in [0.3, 0.4) is 0 Å². The summed E-state index contributed by atoms with van der Waals surface area (Å²) in [5.74, 6) is -10.3. The van der Waals surface area contributed by atoms with Gasteiger partial charge < -0.3 is 28.4 Å². The van der Waals surface area contributed by atoms with E-state index in [1.165, 1.54) is 13.8 Å². The molecule has 0 aromatic carbocycles. The quantitative estimate of drug-likeness (QED) is 0.0851. The Bertz CT molecular complexity index is 1010. The van der Waals surface area contributed by atoms with Gasteiger partial charge in [-0.25, -0.2) is 0 Å². The Morgan fingerprint density at radius 2 is 0.609 bits per heavy atom. The minimum atomic E-state index is -1.33. The average molecular weight is 659 g/mol. The fourth-order valence-electron chi connectivity index (χ4n) is 3.71. The van der Waals surface area contributed by atoms with Crippen molar-refractivity contribution >= 4 is 47.4 Å². The van der Waals surface area contributed by atoms with Gasteiger partial charge in [0.15, 0.2) is 23.4 Å². The van der Waals surface area contributed by atoms with Crippen LogP contribution in [-0.2, 0) is 66.8 Å². The molecule has 0 saturated carbocycles. The standard InChI is InChI=1S/C32H50O14/c1-11-21(23(33)31(5,6)7)29(39)45-17-15-43-27(37)19(3)25(35)41-13-14-42-26(36)20(4)28(38)44-16-18-46-30(40)22(12-2)24(34)32(8,9)10/h19-22H,11-18H2,1-10H3. The Morgan fingerprint density at radius 3 is 0.783 bits per heavy atom.